The minimum Gasteiger partial charge on any atom is -0.345 e. The van der Waals surface area contributed by atoms with E-state index in [9.17, 15) is 4.79 Å². The monoisotopic (exact) mass is 386 g/mol. The first kappa shape index (κ1) is 18.7. The molecule has 5 nitrogen and oxygen atoms in total. The summed E-state index contributed by atoms with van der Waals surface area (Å²) in [6, 6.07) is 6.15. The number of thioether (sulfide) groups is 1. The Kier molecular flexibility index (Phi) is 6.11. The van der Waals surface area contributed by atoms with Crippen LogP contribution >= 0.6 is 23.1 Å². The molecule has 0 amide bonds. The van der Waals surface area contributed by atoms with Crippen LogP contribution in [-0.2, 0) is 19.5 Å². The average molecular weight is 387 g/mol. The highest BCUT2D eigenvalue weighted by Gasteiger charge is 2.16. The SMILES string of the molecule is C=CCn1c(C)cc(C(=O)CSc2nncn2CCc2cccs2)c1C. The number of thiophene rings is 1. The first-order valence-corrected chi connectivity index (χ1v) is 10.3. The standard InChI is InChI=1S/C19H22N4OS2/c1-4-8-23-14(2)11-17(15(23)3)18(24)12-26-19-21-20-13-22(19)9-7-16-6-5-10-25-16/h4-6,10-11,13H,1,7-9,12H2,2-3H3. The second-order valence-electron chi connectivity index (χ2n) is 6.03. The van der Waals surface area contributed by atoms with Crippen molar-refractivity contribution in [2.24, 2.45) is 0 Å². The van der Waals surface area contributed by atoms with Crippen LogP contribution in [0.2, 0.25) is 0 Å². The van der Waals surface area contributed by atoms with Gasteiger partial charge in [0, 0.05) is 34.9 Å². The number of hydrogen-bond donors (Lipinski definition) is 0. The number of carbonyl (C=O) groups is 1. The van der Waals surface area contributed by atoms with Crippen molar-refractivity contribution < 1.29 is 4.79 Å². The van der Waals surface area contributed by atoms with Crippen LogP contribution in [0.15, 0.2) is 47.7 Å². The highest BCUT2D eigenvalue weighted by Crippen LogP contribution is 2.21. The van der Waals surface area contributed by atoms with E-state index in [1.165, 1.54) is 16.6 Å². The van der Waals surface area contributed by atoms with Crippen LogP contribution < -0.4 is 0 Å². The van der Waals surface area contributed by atoms with Crippen molar-refractivity contribution in [3.63, 3.8) is 0 Å². The lowest BCUT2D eigenvalue weighted by molar-refractivity contribution is 0.102. The molecule has 0 bridgehead atoms. The lowest BCUT2D eigenvalue weighted by Crippen LogP contribution is -2.07. The molecule has 0 N–H and O–H groups in total. The predicted octanol–water partition coefficient (Wildman–Crippen LogP) is 4.16. The molecule has 136 valence electrons. The average Bonchev–Trinajstić information content (AvgIpc) is 3.35. The summed E-state index contributed by atoms with van der Waals surface area (Å²) in [5, 5.41) is 11.0. The third kappa shape index (κ3) is 4.16. The lowest BCUT2D eigenvalue weighted by atomic mass is 10.2. The van der Waals surface area contributed by atoms with E-state index in [1.807, 2.05) is 30.6 Å². The number of rotatable bonds is 9. The summed E-state index contributed by atoms with van der Waals surface area (Å²) < 4.78 is 4.12. The van der Waals surface area contributed by atoms with Gasteiger partial charge in [-0.3, -0.25) is 4.79 Å². The van der Waals surface area contributed by atoms with E-state index >= 15 is 0 Å². The van der Waals surface area contributed by atoms with E-state index in [0.717, 1.165) is 41.6 Å². The third-order valence-electron chi connectivity index (χ3n) is 4.28. The molecule has 26 heavy (non-hydrogen) atoms. The van der Waals surface area contributed by atoms with Crippen molar-refractivity contribution >= 4 is 28.9 Å². The number of ketones is 1. The van der Waals surface area contributed by atoms with Gasteiger partial charge in [-0.25, -0.2) is 0 Å². The molecule has 0 spiro atoms. The van der Waals surface area contributed by atoms with E-state index in [2.05, 4.69) is 38.9 Å². The molecule has 0 aromatic carbocycles. The van der Waals surface area contributed by atoms with Gasteiger partial charge < -0.3 is 9.13 Å². The van der Waals surface area contributed by atoms with Gasteiger partial charge in [0.1, 0.15) is 6.33 Å². The summed E-state index contributed by atoms with van der Waals surface area (Å²) in [7, 11) is 0. The van der Waals surface area contributed by atoms with Gasteiger partial charge in [-0.15, -0.1) is 28.1 Å². The van der Waals surface area contributed by atoms with Crippen LogP contribution in [0.5, 0.6) is 0 Å². The van der Waals surface area contributed by atoms with Gasteiger partial charge in [-0.05, 0) is 37.8 Å². The van der Waals surface area contributed by atoms with Crippen molar-refractivity contribution in [3.8, 4) is 0 Å². The quantitative estimate of drug-likeness (QED) is 0.315. The van der Waals surface area contributed by atoms with E-state index in [4.69, 9.17) is 0 Å². The number of nitrogens with zero attached hydrogens (tertiary/aromatic N) is 4. The fourth-order valence-electron chi connectivity index (χ4n) is 2.90. The summed E-state index contributed by atoms with van der Waals surface area (Å²) >= 11 is 3.20. The summed E-state index contributed by atoms with van der Waals surface area (Å²) in [5.74, 6) is 0.474. The first-order valence-electron chi connectivity index (χ1n) is 8.44. The molecule has 0 unspecified atom stereocenters. The number of carbonyl (C=O) groups excluding carboxylic acids is 1. The normalized spacial score (nSPS) is 11.0. The second kappa shape index (κ2) is 8.51. The van der Waals surface area contributed by atoms with Gasteiger partial charge in [0.15, 0.2) is 10.9 Å². The van der Waals surface area contributed by atoms with Gasteiger partial charge in [-0.2, -0.15) is 0 Å². The van der Waals surface area contributed by atoms with E-state index in [1.54, 1.807) is 17.7 Å². The third-order valence-corrected chi connectivity index (χ3v) is 6.19. The zero-order valence-electron chi connectivity index (χ0n) is 15.0. The topological polar surface area (TPSA) is 52.7 Å². The van der Waals surface area contributed by atoms with Crippen LogP contribution in [0, 0.1) is 13.8 Å². The molecule has 0 aliphatic rings. The molecule has 0 aliphatic heterocycles. The number of aryl methyl sites for hydroxylation is 3. The molecule has 0 saturated carbocycles. The van der Waals surface area contributed by atoms with Gasteiger partial charge in [-0.1, -0.05) is 23.9 Å². The van der Waals surface area contributed by atoms with Crippen molar-refractivity contribution in [1.82, 2.24) is 19.3 Å². The summed E-state index contributed by atoms with van der Waals surface area (Å²) in [4.78, 5) is 14.0. The maximum Gasteiger partial charge on any atom is 0.191 e. The summed E-state index contributed by atoms with van der Waals surface area (Å²) in [6.07, 6.45) is 4.52. The zero-order valence-corrected chi connectivity index (χ0v) is 16.6. The van der Waals surface area contributed by atoms with E-state index in [-0.39, 0.29) is 5.78 Å². The molecule has 0 fully saturated rings. The molecule has 0 saturated heterocycles. The molecule has 0 radical (unpaired) electrons. The Morgan fingerprint density at radius 3 is 3.00 bits per heavy atom. The largest absolute Gasteiger partial charge is 0.345 e. The highest BCUT2D eigenvalue weighted by molar-refractivity contribution is 7.99. The number of aromatic nitrogens is 4. The van der Waals surface area contributed by atoms with Crippen molar-refractivity contribution in [2.45, 2.75) is 38.5 Å². The Labute approximate surface area is 161 Å². The molecule has 3 heterocycles. The van der Waals surface area contributed by atoms with E-state index in [0.29, 0.717) is 5.75 Å². The minimum atomic E-state index is 0.117. The van der Waals surface area contributed by atoms with Crippen molar-refractivity contribution in [1.29, 1.82) is 0 Å². The van der Waals surface area contributed by atoms with Crippen LogP contribution in [0.3, 0.4) is 0 Å². The molecule has 3 rings (SSSR count). The van der Waals surface area contributed by atoms with Gasteiger partial charge in [0.2, 0.25) is 0 Å². The zero-order chi connectivity index (χ0) is 18.5. The van der Waals surface area contributed by atoms with E-state index < -0.39 is 0 Å². The summed E-state index contributed by atoms with van der Waals surface area (Å²) in [5.41, 5.74) is 2.85. The fourth-order valence-corrected chi connectivity index (χ4v) is 4.42. The number of Topliss-reactive ketones (excluding diaryl/α,β-unsaturated/α-hetero) is 1. The molecule has 0 atom stereocenters. The molecule has 3 aromatic heterocycles. The fraction of sp³-hybridized carbons (Fsp3) is 0.316. The Balaban J connectivity index is 1.63. The van der Waals surface area contributed by atoms with Crippen LogP contribution in [0.4, 0.5) is 0 Å². The Hall–Kier alpha value is -2.12. The van der Waals surface area contributed by atoms with Crippen molar-refractivity contribution in [3.05, 3.63) is 64.4 Å². The molecule has 7 heteroatoms. The maximum atomic E-state index is 12.7. The Morgan fingerprint density at radius 1 is 1.42 bits per heavy atom. The molecule has 0 aliphatic carbocycles. The maximum absolute atomic E-state index is 12.7. The van der Waals surface area contributed by atoms with Gasteiger partial charge in [0.25, 0.3) is 0 Å². The van der Waals surface area contributed by atoms with Gasteiger partial charge in [0.05, 0.1) is 5.75 Å². The smallest absolute Gasteiger partial charge is 0.191 e. The molecule has 3 aromatic rings. The second-order valence-corrected chi connectivity index (χ2v) is 8.01. The molecular weight excluding hydrogens is 364 g/mol. The van der Waals surface area contributed by atoms with Gasteiger partial charge >= 0.3 is 0 Å². The molecular formula is C19H22N4OS2. The Bertz CT molecular complexity index is 893. The van der Waals surface area contributed by atoms with Crippen LogP contribution in [0.25, 0.3) is 0 Å². The lowest BCUT2D eigenvalue weighted by Gasteiger charge is -2.07. The number of allylic oxidation sites excluding steroid dienone is 1. The predicted molar refractivity (Wildman–Crippen MR) is 107 cm³/mol. The van der Waals surface area contributed by atoms with Crippen molar-refractivity contribution in [2.75, 3.05) is 5.75 Å². The van der Waals surface area contributed by atoms with Crippen LogP contribution in [-0.4, -0.2) is 30.9 Å². The number of hydrogen-bond acceptors (Lipinski definition) is 5. The highest BCUT2D eigenvalue weighted by atomic mass is 32.2. The Morgan fingerprint density at radius 2 is 2.27 bits per heavy atom. The van der Waals surface area contributed by atoms with Crippen LogP contribution in [0.1, 0.15) is 26.6 Å². The first-order chi connectivity index (χ1) is 12.6. The minimum absolute atomic E-state index is 0.117. The summed E-state index contributed by atoms with van der Waals surface area (Å²) in [6.45, 7) is 9.32.